The number of rotatable bonds is 3. The molecule has 32 heavy (non-hydrogen) atoms. The van der Waals surface area contributed by atoms with Crippen molar-refractivity contribution in [1.82, 2.24) is 0 Å². The number of aromatic hydroxyl groups is 1. The molecule has 0 heterocycles. The van der Waals surface area contributed by atoms with Crippen LogP contribution in [0.25, 0.3) is 11.1 Å². The number of para-hydroxylation sites is 1. The molecule has 168 valence electrons. The summed E-state index contributed by atoms with van der Waals surface area (Å²) in [6.07, 6.45) is 1.76. The molecule has 0 spiro atoms. The molecule has 0 aliphatic rings. The van der Waals surface area contributed by atoms with E-state index in [4.69, 9.17) is 23.6 Å². The molecule has 0 radical (unpaired) electrons. The van der Waals surface area contributed by atoms with Gasteiger partial charge in [0.15, 0.2) is 0 Å². The second-order valence-electron chi connectivity index (χ2n) is 9.71. The van der Waals surface area contributed by atoms with Gasteiger partial charge in [0, 0.05) is 17.3 Å². The minimum absolute atomic E-state index is 0.0426. The molecular weight excluding hydrogens is 473 g/mol. The quantitative estimate of drug-likeness (QED) is 0.281. The van der Waals surface area contributed by atoms with E-state index in [-0.39, 0.29) is 16.6 Å². The Bertz CT molecular complexity index is 1020. The standard InChI is InChI=1S/C27H31NO.2ClH.Ti/c1-26(2,3)21-15-22(27(4,5)6)17-23(16-21)28-18-20-13-10-14-24(25(20)29)19-11-8-7-9-12-19;;;/h7-18,29H,1-6H3;2*1H;/q;;;+2/p-2. The summed E-state index contributed by atoms with van der Waals surface area (Å²) >= 11 is -0.556. The average Bonchev–Trinajstić information content (AvgIpc) is 2.73. The van der Waals surface area contributed by atoms with Gasteiger partial charge in [0.2, 0.25) is 0 Å². The number of hydrogen-bond acceptors (Lipinski definition) is 2. The molecule has 0 atom stereocenters. The molecular formula is C27H31Cl2NOTi. The SMILES string of the molecule is CC(C)(C)c1cc(N=Cc2cccc(-c3ccccc3)c2O)cc(C(C)(C)C)c1.[Cl][Ti][Cl]. The summed E-state index contributed by atoms with van der Waals surface area (Å²) in [5.41, 5.74) is 6.04. The van der Waals surface area contributed by atoms with E-state index in [1.165, 1.54) is 11.1 Å². The van der Waals surface area contributed by atoms with Crippen molar-refractivity contribution < 1.29 is 22.1 Å². The zero-order valence-corrected chi connectivity index (χ0v) is 22.7. The van der Waals surface area contributed by atoms with E-state index in [0.29, 0.717) is 5.56 Å². The molecule has 0 bridgehead atoms. The number of hydrogen-bond donors (Lipinski definition) is 1. The van der Waals surface area contributed by atoms with Gasteiger partial charge in [-0.25, -0.2) is 0 Å². The van der Waals surface area contributed by atoms with E-state index in [9.17, 15) is 5.11 Å². The van der Waals surface area contributed by atoms with Gasteiger partial charge in [-0.1, -0.05) is 90.1 Å². The Morgan fingerprint density at radius 2 is 1.31 bits per heavy atom. The third-order valence-corrected chi connectivity index (χ3v) is 5.15. The van der Waals surface area contributed by atoms with Crippen LogP contribution in [0.3, 0.4) is 0 Å². The van der Waals surface area contributed by atoms with Gasteiger partial charge in [-0.15, -0.1) is 0 Å². The molecule has 1 N–H and O–H groups in total. The molecule has 3 aromatic carbocycles. The van der Waals surface area contributed by atoms with E-state index in [0.717, 1.165) is 16.8 Å². The van der Waals surface area contributed by atoms with E-state index < -0.39 is 17.0 Å². The average molecular weight is 504 g/mol. The fraction of sp³-hybridized carbons (Fsp3) is 0.296. The Balaban J connectivity index is 0.00000114. The van der Waals surface area contributed by atoms with Gasteiger partial charge >= 0.3 is 35.6 Å². The second-order valence-corrected chi connectivity index (χ2v) is 12.3. The van der Waals surface area contributed by atoms with Crippen molar-refractivity contribution in [2.75, 3.05) is 0 Å². The third kappa shape index (κ3) is 7.49. The van der Waals surface area contributed by atoms with E-state index in [2.05, 4.69) is 59.7 Å². The summed E-state index contributed by atoms with van der Waals surface area (Å²) in [5, 5.41) is 10.8. The van der Waals surface area contributed by atoms with Gasteiger partial charge in [-0.3, -0.25) is 4.99 Å². The van der Waals surface area contributed by atoms with Crippen LogP contribution in [-0.2, 0) is 27.9 Å². The molecule has 0 aromatic heterocycles. The first-order valence-corrected chi connectivity index (χ1v) is 14.8. The fourth-order valence-corrected chi connectivity index (χ4v) is 3.21. The van der Waals surface area contributed by atoms with Crippen LogP contribution < -0.4 is 0 Å². The van der Waals surface area contributed by atoms with Gasteiger partial charge in [-0.2, -0.15) is 0 Å². The van der Waals surface area contributed by atoms with Crippen LogP contribution in [0.2, 0.25) is 0 Å². The van der Waals surface area contributed by atoms with Crippen molar-refractivity contribution in [3.05, 3.63) is 83.4 Å². The van der Waals surface area contributed by atoms with Gasteiger partial charge in [0.1, 0.15) is 5.75 Å². The van der Waals surface area contributed by atoms with E-state index in [1.54, 1.807) is 6.21 Å². The number of phenols is 1. The fourth-order valence-electron chi connectivity index (χ4n) is 3.21. The first kappa shape index (κ1) is 26.7. The zero-order chi connectivity index (χ0) is 23.9. The van der Waals surface area contributed by atoms with E-state index >= 15 is 0 Å². The van der Waals surface area contributed by atoms with Gasteiger partial charge in [0.05, 0.1) is 5.69 Å². The van der Waals surface area contributed by atoms with Crippen molar-refractivity contribution in [2.24, 2.45) is 4.99 Å². The molecule has 3 aromatic rings. The molecule has 0 amide bonds. The van der Waals surface area contributed by atoms with Crippen LogP contribution in [-0.4, -0.2) is 11.3 Å². The number of phenolic OH excluding ortho intramolecular Hbond substituents is 1. The first-order valence-electron chi connectivity index (χ1n) is 10.5. The first-order chi connectivity index (χ1) is 15.0. The normalized spacial score (nSPS) is 11.8. The molecule has 0 fully saturated rings. The molecule has 0 saturated carbocycles. The van der Waals surface area contributed by atoms with Crippen molar-refractivity contribution >= 4 is 30.5 Å². The Hall–Kier alpha value is -1.58. The van der Waals surface area contributed by atoms with Crippen molar-refractivity contribution in [3.63, 3.8) is 0 Å². The molecule has 2 nitrogen and oxygen atoms in total. The Morgan fingerprint density at radius 3 is 1.81 bits per heavy atom. The van der Waals surface area contributed by atoms with Crippen LogP contribution in [0.5, 0.6) is 5.75 Å². The van der Waals surface area contributed by atoms with Gasteiger partial charge in [0.25, 0.3) is 0 Å². The monoisotopic (exact) mass is 503 g/mol. The molecule has 3 rings (SSSR count). The van der Waals surface area contributed by atoms with Crippen LogP contribution in [0.4, 0.5) is 5.69 Å². The molecule has 0 aliphatic heterocycles. The molecule has 5 heteroatoms. The van der Waals surface area contributed by atoms with Crippen LogP contribution >= 0.6 is 18.6 Å². The Kier molecular flexibility index (Phi) is 9.60. The van der Waals surface area contributed by atoms with Crippen LogP contribution in [0.15, 0.2) is 71.7 Å². The molecule has 0 aliphatic carbocycles. The second kappa shape index (κ2) is 11.5. The zero-order valence-electron chi connectivity index (χ0n) is 19.6. The predicted octanol–water partition coefficient (Wildman–Crippen LogP) is 8.78. The van der Waals surface area contributed by atoms with Crippen LogP contribution in [0.1, 0.15) is 58.2 Å². The number of nitrogens with zero attached hydrogens (tertiary/aromatic N) is 1. The maximum absolute atomic E-state index is 10.8. The topological polar surface area (TPSA) is 32.6 Å². The molecule has 0 unspecified atom stereocenters. The summed E-state index contributed by atoms with van der Waals surface area (Å²) in [7, 11) is 9.78. The predicted molar refractivity (Wildman–Crippen MR) is 136 cm³/mol. The Morgan fingerprint density at radius 1 is 0.781 bits per heavy atom. The van der Waals surface area contributed by atoms with E-state index in [1.807, 2.05) is 48.5 Å². The number of aliphatic imine (C=N–C) groups is 1. The van der Waals surface area contributed by atoms with Crippen molar-refractivity contribution in [2.45, 2.75) is 52.4 Å². The van der Waals surface area contributed by atoms with Gasteiger partial charge in [-0.05, 0) is 45.7 Å². The molecule has 0 saturated heterocycles. The summed E-state index contributed by atoms with van der Waals surface area (Å²) in [5.74, 6) is 0.255. The summed E-state index contributed by atoms with van der Waals surface area (Å²) in [4.78, 5) is 4.74. The summed E-state index contributed by atoms with van der Waals surface area (Å²) in [6, 6.07) is 22.3. The summed E-state index contributed by atoms with van der Waals surface area (Å²) in [6.45, 7) is 13.3. The van der Waals surface area contributed by atoms with Crippen molar-refractivity contribution in [1.29, 1.82) is 0 Å². The van der Waals surface area contributed by atoms with Crippen molar-refractivity contribution in [3.8, 4) is 16.9 Å². The van der Waals surface area contributed by atoms with Crippen LogP contribution in [0, 0.1) is 0 Å². The summed E-state index contributed by atoms with van der Waals surface area (Å²) < 4.78 is 0. The number of benzene rings is 3. The number of halogens is 2. The third-order valence-electron chi connectivity index (χ3n) is 5.15. The van der Waals surface area contributed by atoms with Gasteiger partial charge < -0.3 is 5.11 Å². The maximum atomic E-state index is 10.8. The Labute approximate surface area is 209 Å². The minimum atomic E-state index is -0.556.